The van der Waals surface area contributed by atoms with Crippen LogP contribution in [0.3, 0.4) is 0 Å². The summed E-state index contributed by atoms with van der Waals surface area (Å²) >= 11 is 1.85. The van der Waals surface area contributed by atoms with E-state index < -0.39 is 6.17 Å². The van der Waals surface area contributed by atoms with E-state index >= 15 is 0 Å². The lowest BCUT2D eigenvalue weighted by atomic mass is 9.98. The molecule has 0 radical (unpaired) electrons. The molecule has 1 heterocycles. The summed E-state index contributed by atoms with van der Waals surface area (Å²) in [5, 5.41) is 6.05. The van der Waals surface area contributed by atoms with Gasteiger partial charge in [-0.25, -0.2) is 0 Å². The van der Waals surface area contributed by atoms with E-state index in [1.165, 1.54) is 38.0 Å². The third-order valence-corrected chi connectivity index (χ3v) is 13.7. The number of benzene rings is 6. The molecule has 372 valence electrons. The lowest BCUT2D eigenvalue weighted by molar-refractivity contribution is 0.722. The van der Waals surface area contributed by atoms with Crippen LogP contribution in [-0.2, 0) is 6.42 Å². The molecule has 0 fully saturated rings. The van der Waals surface area contributed by atoms with Crippen molar-refractivity contribution in [3.05, 3.63) is 270 Å². The minimum absolute atomic E-state index is 0.0791. The summed E-state index contributed by atoms with van der Waals surface area (Å²) in [5.41, 5.74) is 22.8. The van der Waals surface area contributed by atoms with Gasteiger partial charge in [-0.05, 0) is 138 Å². The van der Waals surface area contributed by atoms with Crippen LogP contribution in [-0.4, -0.2) is 24.5 Å². The summed E-state index contributed by atoms with van der Waals surface area (Å²) in [6, 6.07) is 50.9. The highest BCUT2D eigenvalue weighted by Crippen LogP contribution is 2.44. The Kier molecular flexibility index (Phi) is 20.9. The molecule has 3 N–H and O–H groups in total. The molecule has 0 saturated heterocycles. The molecule has 4 nitrogen and oxygen atoms in total. The normalized spacial score (nSPS) is 14.8. The maximum Gasteiger partial charge on any atom is 0.101 e. The molecule has 0 saturated carbocycles. The molecule has 1 aliphatic heterocycles. The van der Waals surface area contributed by atoms with Gasteiger partial charge >= 0.3 is 0 Å². The second-order valence-electron chi connectivity index (χ2n) is 17.4. The molecule has 0 spiro atoms. The molecule has 2 atom stereocenters. The smallest absolute Gasteiger partial charge is 0.101 e. The summed E-state index contributed by atoms with van der Waals surface area (Å²) in [5.74, 6) is 0.865. The van der Waals surface area contributed by atoms with Crippen molar-refractivity contribution >= 4 is 57.4 Å². The first kappa shape index (κ1) is 54.8. The second-order valence-corrected chi connectivity index (χ2v) is 18.4. The van der Waals surface area contributed by atoms with Crippen molar-refractivity contribution in [3.8, 4) is 11.1 Å². The Morgan fingerprint density at radius 1 is 0.753 bits per heavy atom. The quantitative estimate of drug-likeness (QED) is 0.0345. The van der Waals surface area contributed by atoms with Gasteiger partial charge in [0.15, 0.2) is 0 Å². The van der Waals surface area contributed by atoms with Crippen LogP contribution in [0.25, 0.3) is 34.0 Å². The number of nitrogens with two attached hydrogens (primary N) is 1. The topological polar surface area (TPSA) is 44.5 Å². The predicted molar refractivity (Wildman–Crippen MR) is 324 cm³/mol. The molecule has 5 heteroatoms. The third-order valence-electron chi connectivity index (χ3n) is 12.7. The van der Waals surface area contributed by atoms with Gasteiger partial charge in [0.1, 0.15) is 6.17 Å². The third kappa shape index (κ3) is 13.7. The second kappa shape index (κ2) is 27.9. The molecule has 2 unspecified atom stereocenters. The standard InChI is InChI=1S/C66H68N4S.C2H6/c1-9-16-43-71-65-46-55(39-42-63(65)70(48(8)14-6)57-29-18-17-19-30-57)54-38-40-60-61(59-32-21-20-27-52(59)24-11-3)47-69(64(60)45-54)58-31-22-28-56(44-58)62(68-66(67)53(25-12-4)26-13-5)41-35-49-33-36-51(37-34-49)50(15-7)23-10-2;1-2/h9-34,36-42,44-46,48,66,68H,3-4,6,35,43,47,67H2,1-2,5,7-8H3;1-2H3/b16-9-,23-10-,26-13-,50-15+,52-24-,53-25+,61-59+,62-41-;. The van der Waals surface area contributed by atoms with Crippen molar-refractivity contribution in [3.63, 3.8) is 0 Å². The van der Waals surface area contributed by atoms with Gasteiger partial charge in [-0.1, -0.05) is 203 Å². The first-order valence-electron chi connectivity index (χ1n) is 25.6. The summed E-state index contributed by atoms with van der Waals surface area (Å²) in [6.07, 6.45) is 27.0. The molecule has 7 rings (SSSR count). The van der Waals surface area contributed by atoms with Crippen LogP contribution in [0.4, 0.5) is 22.7 Å². The summed E-state index contributed by atoms with van der Waals surface area (Å²) in [4.78, 5) is 6.06. The van der Waals surface area contributed by atoms with Crippen LogP contribution in [0.2, 0.25) is 0 Å². The maximum absolute atomic E-state index is 6.97. The number of para-hydroxylation sites is 1. The van der Waals surface area contributed by atoms with E-state index in [9.17, 15) is 0 Å². The van der Waals surface area contributed by atoms with E-state index in [1.807, 2.05) is 62.9 Å². The Balaban J connectivity index is 0.00000429. The number of rotatable bonds is 20. The monoisotopic (exact) mass is 979 g/mol. The molecule has 0 bridgehead atoms. The van der Waals surface area contributed by atoms with Crippen LogP contribution >= 0.6 is 11.8 Å². The number of allylic oxidation sites excluding steroid dienone is 10. The Hall–Kier alpha value is -7.57. The fourth-order valence-corrected chi connectivity index (χ4v) is 10.1. The molecular formula is C68H74N4S. The fourth-order valence-electron chi connectivity index (χ4n) is 9.09. The van der Waals surface area contributed by atoms with E-state index in [0.717, 1.165) is 61.7 Å². The van der Waals surface area contributed by atoms with Crippen molar-refractivity contribution in [1.82, 2.24) is 5.32 Å². The minimum atomic E-state index is -0.473. The number of hydrogen-bond donors (Lipinski definition) is 2. The van der Waals surface area contributed by atoms with Gasteiger partial charge in [-0.3, -0.25) is 0 Å². The van der Waals surface area contributed by atoms with Gasteiger partial charge < -0.3 is 20.9 Å². The Bertz CT molecular complexity index is 3150. The number of nitrogens with zero attached hydrogens (tertiary/aromatic N) is 2. The Morgan fingerprint density at radius 2 is 1.48 bits per heavy atom. The number of anilines is 4. The number of hydrogen-bond acceptors (Lipinski definition) is 5. The van der Waals surface area contributed by atoms with Gasteiger partial charge in [0.05, 0.1) is 5.69 Å². The van der Waals surface area contributed by atoms with E-state index in [4.69, 9.17) is 5.73 Å². The average Bonchev–Trinajstić information content (AvgIpc) is 3.81. The van der Waals surface area contributed by atoms with Crippen molar-refractivity contribution in [1.29, 1.82) is 0 Å². The van der Waals surface area contributed by atoms with Crippen molar-refractivity contribution in [2.75, 3.05) is 22.1 Å². The highest BCUT2D eigenvalue weighted by Gasteiger charge is 2.27. The zero-order chi connectivity index (χ0) is 52.1. The summed E-state index contributed by atoms with van der Waals surface area (Å²) in [6.45, 7) is 27.3. The number of nitrogens with one attached hydrogen (secondary N) is 1. The van der Waals surface area contributed by atoms with E-state index in [-0.39, 0.29) is 6.04 Å². The van der Waals surface area contributed by atoms with Gasteiger partial charge in [0, 0.05) is 51.6 Å². The Labute approximate surface area is 441 Å². The first-order valence-corrected chi connectivity index (χ1v) is 26.6. The zero-order valence-corrected chi connectivity index (χ0v) is 44.9. The van der Waals surface area contributed by atoms with Crippen LogP contribution in [0.15, 0.2) is 243 Å². The Morgan fingerprint density at radius 3 is 2.18 bits per heavy atom. The molecule has 0 aliphatic carbocycles. The number of thioether (sulfide) groups is 1. The molecule has 6 aromatic carbocycles. The molecular weight excluding hydrogens is 905 g/mol. The maximum atomic E-state index is 6.97. The van der Waals surface area contributed by atoms with Crippen LogP contribution in [0.5, 0.6) is 0 Å². The molecule has 73 heavy (non-hydrogen) atoms. The van der Waals surface area contributed by atoms with Crippen LogP contribution < -0.4 is 31.3 Å². The van der Waals surface area contributed by atoms with E-state index in [1.54, 1.807) is 6.08 Å². The van der Waals surface area contributed by atoms with Crippen LogP contribution in [0, 0.1) is 0 Å². The lowest BCUT2D eigenvalue weighted by Crippen LogP contribution is -2.37. The van der Waals surface area contributed by atoms with Crippen molar-refractivity contribution in [2.24, 2.45) is 5.73 Å². The molecule has 1 aliphatic rings. The first-order chi connectivity index (χ1) is 35.7. The highest BCUT2D eigenvalue weighted by molar-refractivity contribution is 7.99. The van der Waals surface area contributed by atoms with Crippen molar-refractivity contribution < 1.29 is 0 Å². The van der Waals surface area contributed by atoms with Gasteiger partial charge in [0.25, 0.3) is 0 Å². The SMILES string of the molecule is C=C/C=c1/cccc/c1=C1/CN(c2cccc(/C(=C/Cc3ccc(C(/C=C\C)=C/C)cc3)NC(N)C(/C=C\C)=C/C=C)c2)c2cc(-c3ccc(N(c4ccccc4)C(C)C=C)c(SC/C=C\C)c3)ccc21.CC. The van der Waals surface area contributed by atoms with Gasteiger partial charge in [-0.15, -0.1) is 18.3 Å². The average molecular weight is 979 g/mol. The lowest BCUT2D eigenvalue weighted by Gasteiger charge is -2.31. The van der Waals surface area contributed by atoms with E-state index in [2.05, 4.69) is 245 Å². The molecule has 6 aromatic rings. The molecule has 0 amide bonds. The predicted octanol–water partition coefficient (Wildman–Crippen LogP) is 16.2. The zero-order valence-electron chi connectivity index (χ0n) is 44.1. The molecule has 0 aromatic heterocycles. The largest absolute Gasteiger partial charge is 0.366 e. The summed E-state index contributed by atoms with van der Waals surface area (Å²) in [7, 11) is 0. The van der Waals surface area contributed by atoms with Gasteiger partial charge in [0.2, 0.25) is 0 Å². The van der Waals surface area contributed by atoms with Crippen molar-refractivity contribution in [2.45, 2.75) is 72.0 Å². The number of fused-ring (bicyclic) bond motifs is 1. The fraction of sp³-hybridized carbons (Fsp3) is 0.176. The van der Waals surface area contributed by atoms with Gasteiger partial charge in [-0.2, -0.15) is 0 Å². The minimum Gasteiger partial charge on any atom is -0.366 e. The van der Waals surface area contributed by atoms with E-state index in [0.29, 0.717) is 13.0 Å². The highest BCUT2D eigenvalue weighted by atomic mass is 32.2. The summed E-state index contributed by atoms with van der Waals surface area (Å²) < 4.78 is 0. The van der Waals surface area contributed by atoms with Crippen LogP contribution in [0.1, 0.15) is 70.7 Å².